The van der Waals surface area contributed by atoms with E-state index >= 15 is 0 Å². The first kappa shape index (κ1) is 27.5. The Bertz CT molecular complexity index is 985. The van der Waals surface area contributed by atoms with Gasteiger partial charge in [0.25, 0.3) is 0 Å². The minimum Gasteiger partial charge on any atom is -0.374 e. The molecule has 3 N–H and O–H groups in total. The highest BCUT2D eigenvalue weighted by molar-refractivity contribution is 9.12. The van der Waals surface area contributed by atoms with Gasteiger partial charge in [-0.1, -0.05) is 55.6 Å². The van der Waals surface area contributed by atoms with Crippen molar-refractivity contribution in [3.05, 3.63) is 101 Å². The van der Waals surface area contributed by atoms with Gasteiger partial charge in [-0.25, -0.2) is 4.39 Å². The van der Waals surface area contributed by atoms with Crippen molar-refractivity contribution in [2.75, 3.05) is 27.2 Å². The van der Waals surface area contributed by atoms with E-state index in [0.29, 0.717) is 27.8 Å². The molecule has 0 atom stereocenters. The van der Waals surface area contributed by atoms with Crippen molar-refractivity contribution in [2.24, 2.45) is 0 Å². The van der Waals surface area contributed by atoms with Gasteiger partial charge in [0.15, 0.2) is 6.29 Å². The highest BCUT2D eigenvalue weighted by atomic mass is 79.9. The van der Waals surface area contributed by atoms with Gasteiger partial charge in [0, 0.05) is 36.5 Å². The van der Waals surface area contributed by atoms with Crippen LogP contribution >= 0.6 is 15.9 Å². The summed E-state index contributed by atoms with van der Waals surface area (Å²) in [5.41, 5.74) is 2.42. The molecule has 1 aliphatic rings. The summed E-state index contributed by atoms with van der Waals surface area (Å²) >= 11 is 3.24. The van der Waals surface area contributed by atoms with E-state index < -0.39 is 0 Å². The molecule has 0 radical (unpaired) electrons. The van der Waals surface area contributed by atoms with Crippen molar-refractivity contribution in [1.29, 1.82) is 0 Å². The van der Waals surface area contributed by atoms with Gasteiger partial charge in [0.2, 0.25) is 0 Å². The standard InChI is InChI=1S/C14H14BrFN2O.C13H20N2/c1-9(8-19)13(15)14(17-3)18-10(2)11-6-4-5-7-12(11)16;1-14-13-7-9-15(10-8-13)11-12-5-3-2-4-6-12/h4-8,17-18H,1-2H2,3H3;2-6,13-14H,7-11H2,1H3/b14-13-;. The van der Waals surface area contributed by atoms with Crippen LogP contribution in [0.15, 0.2) is 83.6 Å². The Morgan fingerprint density at radius 2 is 1.71 bits per heavy atom. The number of rotatable bonds is 9. The summed E-state index contributed by atoms with van der Waals surface area (Å²) in [6.45, 7) is 10.9. The van der Waals surface area contributed by atoms with Crippen molar-refractivity contribution in [2.45, 2.75) is 25.4 Å². The molecule has 0 unspecified atom stereocenters. The van der Waals surface area contributed by atoms with E-state index in [9.17, 15) is 9.18 Å². The molecular formula is C27H34BrFN4O. The smallest absolute Gasteiger partial charge is 0.150 e. The van der Waals surface area contributed by atoms with Crippen LogP contribution in [0, 0.1) is 5.82 Å². The predicted octanol–water partition coefficient (Wildman–Crippen LogP) is 4.79. The van der Waals surface area contributed by atoms with E-state index in [0.717, 1.165) is 12.6 Å². The molecular weight excluding hydrogens is 495 g/mol. The van der Waals surface area contributed by atoms with E-state index in [1.165, 1.54) is 37.6 Å². The van der Waals surface area contributed by atoms with E-state index in [-0.39, 0.29) is 11.4 Å². The molecule has 0 spiro atoms. The number of benzene rings is 2. The number of hydrogen-bond acceptors (Lipinski definition) is 5. The molecule has 0 aromatic heterocycles. The summed E-state index contributed by atoms with van der Waals surface area (Å²) in [5, 5.41) is 9.12. The number of halogens is 2. The lowest BCUT2D eigenvalue weighted by Crippen LogP contribution is -2.40. The lowest BCUT2D eigenvalue weighted by atomic mass is 10.0. The SMILES string of the molecule is C=C(C=O)/C(Br)=C(\NC)NC(=C)c1ccccc1F.CNC1CCN(Cc2ccccc2)CC1. The average molecular weight is 529 g/mol. The second-order valence-electron chi connectivity index (χ2n) is 7.99. The number of nitrogens with one attached hydrogen (secondary N) is 3. The van der Waals surface area contributed by atoms with E-state index in [2.05, 4.69) is 87.3 Å². The van der Waals surface area contributed by atoms with Crippen molar-refractivity contribution >= 4 is 27.9 Å². The minimum absolute atomic E-state index is 0.262. The molecule has 3 rings (SSSR count). The second-order valence-corrected chi connectivity index (χ2v) is 8.78. The van der Waals surface area contributed by atoms with Crippen molar-refractivity contribution < 1.29 is 9.18 Å². The predicted molar refractivity (Wildman–Crippen MR) is 143 cm³/mol. The molecule has 7 heteroatoms. The Morgan fingerprint density at radius 1 is 1.09 bits per heavy atom. The lowest BCUT2D eigenvalue weighted by molar-refractivity contribution is -0.104. The number of aldehydes is 1. The van der Waals surface area contributed by atoms with Gasteiger partial charge in [-0.2, -0.15) is 0 Å². The molecule has 34 heavy (non-hydrogen) atoms. The highest BCUT2D eigenvalue weighted by Gasteiger charge is 2.17. The van der Waals surface area contributed by atoms with Gasteiger partial charge in [-0.15, -0.1) is 0 Å². The maximum absolute atomic E-state index is 13.6. The number of nitrogens with zero attached hydrogens (tertiary/aromatic N) is 1. The maximum Gasteiger partial charge on any atom is 0.150 e. The highest BCUT2D eigenvalue weighted by Crippen LogP contribution is 2.20. The quantitative estimate of drug-likeness (QED) is 0.248. The van der Waals surface area contributed by atoms with Crippen molar-refractivity contribution in [1.82, 2.24) is 20.9 Å². The Labute approximate surface area is 210 Å². The van der Waals surface area contributed by atoms with Gasteiger partial charge in [-0.05, 0) is 66.6 Å². The molecule has 2 aromatic rings. The van der Waals surface area contributed by atoms with Crippen LogP contribution in [0.4, 0.5) is 4.39 Å². The molecule has 0 aliphatic carbocycles. The third-order valence-electron chi connectivity index (χ3n) is 5.61. The molecule has 0 amide bonds. The van der Waals surface area contributed by atoms with Crippen LogP contribution in [0.1, 0.15) is 24.0 Å². The van der Waals surface area contributed by atoms with Gasteiger partial charge >= 0.3 is 0 Å². The number of carbonyl (C=O) groups is 1. The Balaban J connectivity index is 0.000000246. The lowest BCUT2D eigenvalue weighted by Gasteiger charge is -2.31. The van der Waals surface area contributed by atoms with Gasteiger partial charge in [0.05, 0.1) is 4.48 Å². The third kappa shape index (κ3) is 8.56. The zero-order valence-corrected chi connectivity index (χ0v) is 21.5. The number of piperidine rings is 1. The van der Waals surface area contributed by atoms with Crippen molar-refractivity contribution in [3.8, 4) is 0 Å². The van der Waals surface area contributed by atoms with Crippen LogP contribution in [0.2, 0.25) is 0 Å². The minimum atomic E-state index is -0.374. The topological polar surface area (TPSA) is 56.4 Å². The van der Waals surface area contributed by atoms with Crippen LogP contribution in [0.3, 0.4) is 0 Å². The van der Waals surface area contributed by atoms with Crippen LogP contribution in [0.5, 0.6) is 0 Å². The summed E-state index contributed by atoms with van der Waals surface area (Å²) in [5.74, 6) is 0.103. The summed E-state index contributed by atoms with van der Waals surface area (Å²) in [7, 11) is 3.73. The molecule has 0 saturated carbocycles. The fourth-order valence-electron chi connectivity index (χ4n) is 3.58. The molecule has 182 valence electrons. The molecule has 1 saturated heterocycles. The maximum atomic E-state index is 13.6. The summed E-state index contributed by atoms with van der Waals surface area (Å²) in [4.78, 5) is 13.2. The normalized spacial score (nSPS) is 14.8. The number of allylic oxidation sites excluding steroid dienone is 2. The molecule has 0 bridgehead atoms. The fourth-order valence-corrected chi connectivity index (χ4v) is 3.98. The fraction of sp³-hybridized carbons (Fsp3) is 0.296. The van der Waals surface area contributed by atoms with Crippen LogP contribution in [-0.2, 0) is 11.3 Å². The third-order valence-corrected chi connectivity index (χ3v) is 6.52. The van der Waals surface area contributed by atoms with Crippen LogP contribution in [0.25, 0.3) is 5.70 Å². The van der Waals surface area contributed by atoms with Gasteiger partial charge in [0.1, 0.15) is 11.6 Å². The molecule has 1 fully saturated rings. The van der Waals surface area contributed by atoms with E-state index in [1.807, 2.05) is 0 Å². The zero-order chi connectivity index (χ0) is 24.9. The first-order chi connectivity index (χ1) is 16.4. The number of hydrogen-bond donors (Lipinski definition) is 3. The first-order valence-corrected chi connectivity index (χ1v) is 12.0. The second kappa shape index (κ2) is 14.5. The van der Waals surface area contributed by atoms with Crippen molar-refractivity contribution in [3.63, 3.8) is 0 Å². The van der Waals surface area contributed by atoms with E-state index in [4.69, 9.17) is 0 Å². The Kier molecular flexibility index (Phi) is 11.7. The van der Waals surface area contributed by atoms with Gasteiger partial charge in [-0.3, -0.25) is 9.69 Å². The largest absolute Gasteiger partial charge is 0.374 e. The van der Waals surface area contributed by atoms with Gasteiger partial charge < -0.3 is 16.0 Å². The zero-order valence-electron chi connectivity index (χ0n) is 19.9. The molecule has 2 aromatic carbocycles. The number of likely N-dealkylation sites (tertiary alicyclic amines) is 1. The molecule has 1 heterocycles. The summed E-state index contributed by atoms with van der Waals surface area (Å²) in [6, 6.07) is 17.8. The summed E-state index contributed by atoms with van der Waals surface area (Å²) < 4.78 is 14.1. The number of carbonyl (C=O) groups excluding carboxylic acids is 1. The average Bonchev–Trinajstić information content (AvgIpc) is 2.88. The van der Waals surface area contributed by atoms with Crippen LogP contribution in [-0.4, -0.2) is 44.4 Å². The molecule has 5 nitrogen and oxygen atoms in total. The summed E-state index contributed by atoms with van der Waals surface area (Å²) in [6.07, 6.45) is 3.18. The van der Waals surface area contributed by atoms with E-state index in [1.54, 1.807) is 25.2 Å². The monoisotopic (exact) mass is 528 g/mol. The Morgan fingerprint density at radius 3 is 2.26 bits per heavy atom. The molecule has 1 aliphatic heterocycles. The first-order valence-electron chi connectivity index (χ1n) is 11.3. The Hall–Kier alpha value is -2.74. The van der Waals surface area contributed by atoms with Crippen LogP contribution < -0.4 is 16.0 Å².